The molecule has 80 valence electrons. The number of nitrogens with zero attached hydrogens (tertiary/aromatic N) is 1. The molecule has 2 rings (SSSR count). The van der Waals surface area contributed by atoms with Gasteiger partial charge in [-0.3, -0.25) is 4.79 Å². The van der Waals surface area contributed by atoms with Crippen molar-refractivity contribution in [3.8, 4) is 0 Å². The molecule has 1 unspecified atom stereocenters. The lowest BCUT2D eigenvalue weighted by Crippen LogP contribution is -2.40. The molecule has 0 aliphatic carbocycles. The van der Waals surface area contributed by atoms with Crippen LogP contribution in [0, 0.1) is 12.8 Å². The first-order chi connectivity index (χ1) is 7.18. The number of benzene rings is 1. The van der Waals surface area contributed by atoms with Crippen molar-refractivity contribution in [2.24, 2.45) is 5.92 Å². The first-order valence-electron chi connectivity index (χ1n) is 5.56. The maximum Gasteiger partial charge on any atom is 0.229 e. The monoisotopic (exact) mass is 203 g/mol. The van der Waals surface area contributed by atoms with Crippen LogP contribution < -0.4 is 4.90 Å². The van der Waals surface area contributed by atoms with Crippen molar-refractivity contribution in [3.05, 3.63) is 29.8 Å². The van der Waals surface area contributed by atoms with Gasteiger partial charge in [-0.25, -0.2) is 0 Å². The molecule has 2 nitrogen and oxygen atoms in total. The molecule has 1 atom stereocenters. The van der Waals surface area contributed by atoms with E-state index in [0.717, 1.165) is 25.1 Å². The SMILES string of the molecule is Cc1cccc(N2CCCC(C)C2=O)c1. The van der Waals surface area contributed by atoms with E-state index in [1.165, 1.54) is 5.56 Å². The van der Waals surface area contributed by atoms with Gasteiger partial charge in [0.1, 0.15) is 0 Å². The Kier molecular flexibility index (Phi) is 2.76. The summed E-state index contributed by atoms with van der Waals surface area (Å²) in [5.74, 6) is 0.450. The number of carbonyl (C=O) groups excluding carboxylic acids is 1. The molecule has 1 aliphatic rings. The summed E-state index contributed by atoms with van der Waals surface area (Å²) in [5, 5.41) is 0. The van der Waals surface area contributed by atoms with Gasteiger partial charge in [-0.15, -0.1) is 0 Å². The molecular weight excluding hydrogens is 186 g/mol. The van der Waals surface area contributed by atoms with Gasteiger partial charge in [-0.2, -0.15) is 0 Å². The largest absolute Gasteiger partial charge is 0.312 e. The third kappa shape index (κ3) is 2.04. The fourth-order valence-electron chi connectivity index (χ4n) is 2.11. The van der Waals surface area contributed by atoms with E-state index in [0.29, 0.717) is 0 Å². The summed E-state index contributed by atoms with van der Waals surface area (Å²) in [4.78, 5) is 13.9. The molecule has 1 amide bonds. The van der Waals surface area contributed by atoms with Gasteiger partial charge in [0.2, 0.25) is 5.91 Å². The fraction of sp³-hybridized carbons (Fsp3) is 0.462. The van der Waals surface area contributed by atoms with Crippen LogP contribution in [0.5, 0.6) is 0 Å². The lowest BCUT2D eigenvalue weighted by atomic mass is 9.98. The molecule has 1 heterocycles. The number of rotatable bonds is 1. The van der Waals surface area contributed by atoms with Crippen molar-refractivity contribution in [2.45, 2.75) is 26.7 Å². The molecule has 0 saturated carbocycles. The number of amides is 1. The number of carbonyl (C=O) groups is 1. The van der Waals surface area contributed by atoms with Gasteiger partial charge in [0.05, 0.1) is 0 Å². The van der Waals surface area contributed by atoms with Crippen molar-refractivity contribution in [1.82, 2.24) is 0 Å². The third-order valence-corrected chi connectivity index (χ3v) is 3.02. The standard InChI is InChI=1S/C13H17NO/c1-10-5-3-7-12(9-10)14-8-4-6-11(2)13(14)15/h3,5,7,9,11H,4,6,8H2,1-2H3. The van der Waals surface area contributed by atoms with Gasteiger partial charge in [0.25, 0.3) is 0 Å². The average molecular weight is 203 g/mol. The fourth-order valence-corrected chi connectivity index (χ4v) is 2.11. The maximum atomic E-state index is 12.0. The number of piperidine rings is 1. The predicted octanol–water partition coefficient (Wildman–Crippen LogP) is 2.76. The zero-order valence-corrected chi connectivity index (χ0v) is 9.36. The highest BCUT2D eigenvalue weighted by Crippen LogP contribution is 2.24. The van der Waals surface area contributed by atoms with E-state index in [2.05, 4.69) is 19.1 Å². The van der Waals surface area contributed by atoms with Crippen LogP contribution >= 0.6 is 0 Å². The highest BCUT2D eigenvalue weighted by molar-refractivity contribution is 5.95. The molecule has 1 saturated heterocycles. The molecule has 1 aliphatic heterocycles. The lowest BCUT2D eigenvalue weighted by molar-refractivity contribution is -0.123. The average Bonchev–Trinajstić information content (AvgIpc) is 2.22. The summed E-state index contributed by atoms with van der Waals surface area (Å²) in [6, 6.07) is 8.16. The predicted molar refractivity (Wildman–Crippen MR) is 61.9 cm³/mol. The minimum absolute atomic E-state index is 0.180. The van der Waals surface area contributed by atoms with Gasteiger partial charge in [-0.1, -0.05) is 19.1 Å². The van der Waals surface area contributed by atoms with Gasteiger partial charge in [0, 0.05) is 18.2 Å². The van der Waals surface area contributed by atoms with Crippen molar-refractivity contribution in [1.29, 1.82) is 0 Å². The van der Waals surface area contributed by atoms with Crippen LogP contribution in [-0.2, 0) is 4.79 Å². The molecule has 0 aromatic heterocycles. The number of anilines is 1. The summed E-state index contributed by atoms with van der Waals surface area (Å²) in [6.07, 6.45) is 2.14. The third-order valence-electron chi connectivity index (χ3n) is 3.02. The number of hydrogen-bond donors (Lipinski definition) is 0. The Balaban J connectivity index is 2.26. The van der Waals surface area contributed by atoms with E-state index < -0.39 is 0 Å². The van der Waals surface area contributed by atoms with Crippen LogP contribution in [0.15, 0.2) is 24.3 Å². The number of aryl methyl sites for hydroxylation is 1. The number of hydrogen-bond acceptors (Lipinski definition) is 1. The molecule has 0 N–H and O–H groups in total. The van der Waals surface area contributed by atoms with Crippen LogP contribution in [0.3, 0.4) is 0 Å². The van der Waals surface area contributed by atoms with E-state index in [-0.39, 0.29) is 11.8 Å². The zero-order valence-electron chi connectivity index (χ0n) is 9.36. The molecule has 1 aromatic rings. The van der Waals surface area contributed by atoms with E-state index in [4.69, 9.17) is 0 Å². The Morgan fingerprint density at radius 3 is 2.93 bits per heavy atom. The zero-order chi connectivity index (χ0) is 10.8. The summed E-state index contributed by atoms with van der Waals surface area (Å²) in [7, 11) is 0. The Morgan fingerprint density at radius 2 is 2.20 bits per heavy atom. The molecule has 2 heteroatoms. The Hall–Kier alpha value is -1.31. The Morgan fingerprint density at radius 1 is 1.40 bits per heavy atom. The molecule has 15 heavy (non-hydrogen) atoms. The normalized spacial score (nSPS) is 21.9. The Labute approximate surface area is 90.9 Å². The minimum atomic E-state index is 0.180. The molecule has 1 aromatic carbocycles. The summed E-state index contributed by atoms with van der Waals surface area (Å²) >= 11 is 0. The van der Waals surface area contributed by atoms with Crippen molar-refractivity contribution >= 4 is 11.6 Å². The smallest absolute Gasteiger partial charge is 0.229 e. The summed E-state index contributed by atoms with van der Waals surface area (Å²) in [5.41, 5.74) is 2.25. The van der Waals surface area contributed by atoms with Crippen molar-refractivity contribution in [2.75, 3.05) is 11.4 Å². The van der Waals surface area contributed by atoms with Gasteiger partial charge < -0.3 is 4.90 Å². The second-order valence-corrected chi connectivity index (χ2v) is 4.37. The Bertz CT molecular complexity index is 373. The van der Waals surface area contributed by atoms with Crippen LogP contribution in [0.4, 0.5) is 5.69 Å². The van der Waals surface area contributed by atoms with Crippen molar-refractivity contribution < 1.29 is 4.79 Å². The summed E-state index contributed by atoms with van der Waals surface area (Å²) in [6.45, 7) is 4.94. The highest BCUT2D eigenvalue weighted by atomic mass is 16.2. The first kappa shape index (κ1) is 10.2. The highest BCUT2D eigenvalue weighted by Gasteiger charge is 2.25. The van der Waals surface area contributed by atoms with Gasteiger partial charge in [0.15, 0.2) is 0 Å². The summed E-state index contributed by atoms with van der Waals surface area (Å²) < 4.78 is 0. The van der Waals surface area contributed by atoms with E-state index in [1.54, 1.807) is 0 Å². The topological polar surface area (TPSA) is 20.3 Å². The second-order valence-electron chi connectivity index (χ2n) is 4.37. The van der Waals surface area contributed by atoms with E-state index >= 15 is 0 Å². The van der Waals surface area contributed by atoms with E-state index in [9.17, 15) is 4.79 Å². The van der Waals surface area contributed by atoms with Crippen LogP contribution in [-0.4, -0.2) is 12.5 Å². The molecule has 0 bridgehead atoms. The van der Waals surface area contributed by atoms with Crippen molar-refractivity contribution in [3.63, 3.8) is 0 Å². The molecule has 0 spiro atoms. The lowest BCUT2D eigenvalue weighted by Gasteiger charge is -2.30. The van der Waals surface area contributed by atoms with Gasteiger partial charge >= 0.3 is 0 Å². The second kappa shape index (κ2) is 4.05. The molecular formula is C13H17NO. The molecule has 0 radical (unpaired) electrons. The van der Waals surface area contributed by atoms with Crippen LogP contribution in [0.2, 0.25) is 0 Å². The first-order valence-corrected chi connectivity index (χ1v) is 5.56. The quantitative estimate of drug-likeness (QED) is 0.687. The molecule has 1 fully saturated rings. The van der Waals surface area contributed by atoms with Crippen LogP contribution in [0.25, 0.3) is 0 Å². The van der Waals surface area contributed by atoms with E-state index in [1.807, 2.05) is 24.0 Å². The minimum Gasteiger partial charge on any atom is -0.312 e. The maximum absolute atomic E-state index is 12.0. The van der Waals surface area contributed by atoms with Gasteiger partial charge in [-0.05, 0) is 37.5 Å². The van der Waals surface area contributed by atoms with Crippen LogP contribution in [0.1, 0.15) is 25.3 Å².